The van der Waals surface area contributed by atoms with Gasteiger partial charge in [0.05, 0.1) is 0 Å². The summed E-state index contributed by atoms with van der Waals surface area (Å²) in [6.45, 7) is 0. The maximum absolute atomic E-state index is 12.6. The van der Waals surface area contributed by atoms with Crippen molar-refractivity contribution in [2.45, 2.75) is 14.8 Å². The molecule has 0 radical (unpaired) electrons. The summed E-state index contributed by atoms with van der Waals surface area (Å²) in [6, 6.07) is 11.6. The number of fused-ring (bicyclic) bond motifs is 3. The van der Waals surface area contributed by atoms with E-state index in [9.17, 15) is 9.59 Å². The van der Waals surface area contributed by atoms with E-state index < -0.39 is 18.4 Å². The Morgan fingerprint density at radius 3 is 2.23 bits per heavy atom. The summed E-state index contributed by atoms with van der Waals surface area (Å²) in [6.07, 6.45) is 0. The number of rotatable bonds is 2. The summed E-state index contributed by atoms with van der Waals surface area (Å²) in [7, 11) is 1.59. The minimum absolute atomic E-state index is 0.0198. The summed E-state index contributed by atoms with van der Waals surface area (Å²) in [5.74, 6) is -0.149. The van der Waals surface area contributed by atoms with Crippen molar-refractivity contribution in [2.24, 2.45) is 0 Å². The second-order valence-corrected chi connectivity index (χ2v) is 21.2. The Labute approximate surface area is 134 Å². The molecule has 2 aromatic rings. The molecule has 3 rings (SSSR count). The first-order chi connectivity index (χ1) is 10.3. The van der Waals surface area contributed by atoms with Crippen LogP contribution in [0.4, 0.5) is 0 Å². The van der Waals surface area contributed by atoms with E-state index in [1.807, 2.05) is 12.1 Å². The van der Waals surface area contributed by atoms with Gasteiger partial charge in [-0.2, -0.15) is 0 Å². The van der Waals surface area contributed by atoms with Gasteiger partial charge in [0.1, 0.15) is 0 Å². The van der Waals surface area contributed by atoms with Crippen molar-refractivity contribution in [1.82, 2.24) is 5.32 Å². The van der Waals surface area contributed by atoms with Gasteiger partial charge >= 0.3 is 135 Å². The number of hydrogen-bond acceptors (Lipinski definition) is 2. The third kappa shape index (κ3) is 2.37. The number of benzene rings is 2. The molecule has 0 saturated heterocycles. The van der Waals surface area contributed by atoms with Gasteiger partial charge in [-0.3, -0.25) is 0 Å². The van der Waals surface area contributed by atoms with Gasteiger partial charge in [0.15, 0.2) is 0 Å². The Morgan fingerprint density at radius 2 is 1.59 bits per heavy atom. The van der Waals surface area contributed by atoms with E-state index in [0.717, 1.165) is 16.7 Å². The molecule has 0 bridgehead atoms. The Hall–Kier alpha value is -1.62. The van der Waals surface area contributed by atoms with Gasteiger partial charge in [0.2, 0.25) is 0 Å². The van der Waals surface area contributed by atoms with E-state index in [1.54, 1.807) is 19.2 Å². The summed E-state index contributed by atoms with van der Waals surface area (Å²) in [5, 5.41) is 2.60. The molecule has 112 valence electrons. The van der Waals surface area contributed by atoms with E-state index in [0.29, 0.717) is 11.1 Å². The van der Waals surface area contributed by atoms with Crippen molar-refractivity contribution >= 4 is 33.6 Å². The van der Waals surface area contributed by atoms with Crippen molar-refractivity contribution in [2.75, 3.05) is 7.05 Å². The minimum atomic E-state index is -2.18. The Kier molecular flexibility index (Phi) is 3.63. The van der Waals surface area contributed by atoms with E-state index in [-0.39, 0.29) is 11.7 Å². The quantitative estimate of drug-likeness (QED) is 0.673. The standard InChI is InChI=1S/C15H10NO2.3CH3.Sn/c1-16-15(18)9-6-7-11-10-4-2-3-5-12(10)14(17)13(11)8-9;;;;/h3-8H,1H3,(H,16,18);3*1H3;. The van der Waals surface area contributed by atoms with Crippen LogP contribution >= 0.6 is 0 Å². The average Bonchev–Trinajstić information content (AvgIpc) is 2.78. The van der Waals surface area contributed by atoms with Gasteiger partial charge in [-0.1, -0.05) is 0 Å². The van der Waals surface area contributed by atoms with Crippen LogP contribution in [0.25, 0.3) is 11.1 Å². The van der Waals surface area contributed by atoms with Gasteiger partial charge in [0.25, 0.3) is 0 Å². The van der Waals surface area contributed by atoms with Gasteiger partial charge < -0.3 is 0 Å². The van der Waals surface area contributed by atoms with Crippen molar-refractivity contribution in [3.63, 3.8) is 0 Å². The van der Waals surface area contributed by atoms with Gasteiger partial charge in [-0.15, -0.1) is 0 Å². The second kappa shape index (κ2) is 5.23. The summed E-state index contributed by atoms with van der Waals surface area (Å²) >= 11 is -2.18. The van der Waals surface area contributed by atoms with Crippen LogP contribution in [0.15, 0.2) is 36.4 Å². The topological polar surface area (TPSA) is 46.2 Å². The number of nitrogens with one attached hydrogen (secondary N) is 1. The van der Waals surface area contributed by atoms with Crippen LogP contribution in [-0.2, 0) is 0 Å². The average molecular weight is 400 g/mol. The molecule has 0 saturated carbocycles. The fourth-order valence-corrected chi connectivity index (χ4v) is 6.14. The molecule has 3 nitrogen and oxygen atoms in total. The van der Waals surface area contributed by atoms with Crippen molar-refractivity contribution in [3.8, 4) is 11.1 Å². The SMILES string of the molecule is CNC(=O)c1ccc2c(c1)C(=O)c1cc[c]([Sn]([CH3])([CH3])[CH3])cc1-2. The molecule has 1 amide bonds. The maximum atomic E-state index is 12.6. The molecule has 2 aromatic carbocycles. The van der Waals surface area contributed by atoms with Gasteiger partial charge in [-0.05, 0) is 0 Å². The molecule has 1 aliphatic rings. The number of hydrogen-bond donors (Lipinski definition) is 1. The van der Waals surface area contributed by atoms with Gasteiger partial charge in [-0.25, -0.2) is 0 Å². The Bertz CT molecular complexity index is 803. The molecule has 0 spiro atoms. The van der Waals surface area contributed by atoms with Crippen LogP contribution in [0, 0.1) is 0 Å². The van der Waals surface area contributed by atoms with E-state index in [4.69, 9.17) is 0 Å². The molecular weight excluding hydrogens is 381 g/mol. The molecule has 1 N–H and O–H groups in total. The van der Waals surface area contributed by atoms with E-state index in [2.05, 4.69) is 32.3 Å². The predicted octanol–water partition coefficient (Wildman–Crippen LogP) is 2.80. The first-order valence-electron chi connectivity index (χ1n) is 7.38. The molecule has 0 aliphatic heterocycles. The second-order valence-electron chi connectivity index (χ2n) is 6.68. The van der Waals surface area contributed by atoms with E-state index in [1.165, 1.54) is 3.58 Å². The molecule has 0 fully saturated rings. The number of amides is 1. The van der Waals surface area contributed by atoms with Crippen LogP contribution in [0.2, 0.25) is 14.8 Å². The van der Waals surface area contributed by atoms with Gasteiger partial charge in [0, 0.05) is 0 Å². The van der Waals surface area contributed by atoms with Crippen LogP contribution in [0.1, 0.15) is 26.3 Å². The molecule has 0 unspecified atom stereocenters. The van der Waals surface area contributed by atoms with Crippen LogP contribution < -0.4 is 8.90 Å². The van der Waals surface area contributed by atoms with Crippen LogP contribution in [0.5, 0.6) is 0 Å². The summed E-state index contributed by atoms with van der Waals surface area (Å²) in [5.41, 5.74) is 3.89. The van der Waals surface area contributed by atoms with Crippen LogP contribution in [-0.4, -0.2) is 37.1 Å². The summed E-state index contributed by atoms with van der Waals surface area (Å²) in [4.78, 5) is 31.5. The fourth-order valence-electron chi connectivity index (χ4n) is 2.83. The Balaban J connectivity index is 2.16. The molecule has 22 heavy (non-hydrogen) atoms. The zero-order valence-corrected chi connectivity index (χ0v) is 16.1. The fraction of sp³-hybridized carbons (Fsp3) is 0.222. The van der Waals surface area contributed by atoms with Crippen molar-refractivity contribution < 1.29 is 9.59 Å². The number of ketones is 1. The molecular formula is C18H19NO2Sn. The third-order valence-corrected chi connectivity index (χ3v) is 10.0. The molecule has 1 aliphatic carbocycles. The van der Waals surface area contributed by atoms with E-state index >= 15 is 0 Å². The first-order valence-corrected chi connectivity index (χ1v) is 17.4. The number of carbonyl (C=O) groups excluding carboxylic acids is 2. The predicted molar refractivity (Wildman–Crippen MR) is 91.7 cm³/mol. The Morgan fingerprint density at radius 1 is 0.909 bits per heavy atom. The normalized spacial score (nSPS) is 12.8. The molecule has 0 aromatic heterocycles. The molecule has 4 heteroatoms. The molecule has 0 heterocycles. The zero-order valence-electron chi connectivity index (χ0n) is 13.3. The number of carbonyl (C=O) groups is 2. The molecule has 0 atom stereocenters. The van der Waals surface area contributed by atoms with Crippen molar-refractivity contribution in [3.05, 3.63) is 53.1 Å². The van der Waals surface area contributed by atoms with Crippen LogP contribution in [0.3, 0.4) is 0 Å². The third-order valence-electron chi connectivity index (χ3n) is 4.17. The zero-order chi connectivity index (χ0) is 16.1. The van der Waals surface area contributed by atoms with Crippen molar-refractivity contribution in [1.29, 1.82) is 0 Å². The monoisotopic (exact) mass is 401 g/mol. The first kappa shape index (κ1) is 15.3. The summed E-state index contributed by atoms with van der Waals surface area (Å²) < 4.78 is 1.41.